The van der Waals surface area contributed by atoms with Crippen molar-refractivity contribution in [1.82, 2.24) is 29.7 Å². The van der Waals surface area contributed by atoms with Gasteiger partial charge in [0.15, 0.2) is 17.5 Å². The summed E-state index contributed by atoms with van der Waals surface area (Å²) < 4.78 is 1.80. The highest BCUT2D eigenvalue weighted by atomic mass is 15.4. The summed E-state index contributed by atoms with van der Waals surface area (Å²) in [5.41, 5.74) is 1.88. The highest BCUT2D eigenvalue weighted by molar-refractivity contribution is 5.61. The quantitative estimate of drug-likeness (QED) is 0.621. The highest BCUT2D eigenvalue weighted by Gasteiger charge is 2.30. The van der Waals surface area contributed by atoms with Crippen LogP contribution in [0.4, 0.5) is 0 Å². The number of imidazole rings is 1. The molecular weight excluding hydrogens is 312 g/mol. The number of rotatable bonds is 4. The molecule has 6 nitrogen and oxygen atoms in total. The van der Waals surface area contributed by atoms with Crippen molar-refractivity contribution in [2.45, 2.75) is 18.8 Å². The lowest BCUT2D eigenvalue weighted by atomic mass is 10.2. The largest absolute Gasteiger partial charge is 0.335 e. The van der Waals surface area contributed by atoms with Crippen molar-refractivity contribution in [3.63, 3.8) is 0 Å². The minimum atomic E-state index is 0.472. The first-order valence-electron chi connectivity index (χ1n) is 8.37. The SMILES string of the molecule is c1ccc(-c2ncc(-c3nc(C4CC4)nn3-c3ccccn3)[nH]2)cc1. The van der Waals surface area contributed by atoms with Gasteiger partial charge >= 0.3 is 0 Å². The summed E-state index contributed by atoms with van der Waals surface area (Å²) in [6.45, 7) is 0. The van der Waals surface area contributed by atoms with E-state index in [4.69, 9.17) is 10.1 Å². The first-order valence-corrected chi connectivity index (χ1v) is 8.37. The van der Waals surface area contributed by atoms with E-state index in [1.54, 1.807) is 10.9 Å². The molecule has 1 saturated carbocycles. The summed E-state index contributed by atoms with van der Waals surface area (Å²) >= 11 is 0. The van der Waals surface area contributed by atoms with Crippen LogP contribution in [0.5, 0.6) is 0 Å². The molecule has 0 amide bonds. The first-order chi connectivity index (χ1) is 12.4. The van der Waals surface area contributed by atoms with Crippen LogP contribution in [0.2, 0.25) is 0 Å². The number of hydrogen-bond donors (Lipinski definition) is 1. The van der Waals surface area contributed by atoms with Crippen molar-refractivity contribution in [3.05, 3.63) is 66.7 Å². The zero-order valence-electron chi connectivity index (χ0n) is 13.5. The van der Waals surface area contributed by atoms with Gasteiger partial charge in [-0.2, -0.15) is 4.68 Å². The number of nitrogens with zero attached hydrogens (tertiary/aromatic N) is 5. The van der Waals surface area contributed by atoms with Crippen LogP contribution >= 0.6 is 0 Å². The maximum atomic E-state index is 4.77. The molecule has 1 aliphatic carbocycles. The first kappa shape index (κ1) is 14.1. The van der Waals surface area contributed by atoms with Crippen LogP contribution in [0.15, 0.2) is 60.9 Å². The standard InChI is InChI=1S/C19H16N6/c1-2-6-13(7-3-1)17-21-12-15(22-17)19-23-18(14-9-10-14)24-25(19)16-8-4-5-11-20-16/h1-8,11-12,14H,9-10H2,(H,21,22). The fourth-order valence-corrected chi connectivity index (χ4v) is 2.83. The summed E-state index contributed by atoms with van der Waals surface area (Å²) in [7, 11) is 0. The second kappa shape index (κ2) is 5.66. The van der Waals surface area contributed by atoms with Gasteiger partial charge in [-0.1, -0.05) is 36.4 Å². The van der Waals surface area contributed by atoms with E-state index < -0.39 is 0 Å². The van der Waals surface area contributed by atoms with E-state index >= 15 is 0 Å². The lowest BCUT2D eigenvalue weighted by molar-refractivity contribution is 0.815. The van der Waals surface area contributed by atoms with Crippen LogP contribution in [-0.4, -0.2) is 29.7 Å². The summed E-state index contributed by atoms with van der Waals surface area (Å²) in [6.07, 6.45) is 5.89. The second-order valence-electron chi connectivity index (χ2n) is 6.18. The molecule has 0 spiro atoms. The normalized spacial score (nSPS) is 13.9. The van der Waals surface area contributed by atoms with Crippen LogP contribution in [0.3, 0.4) is 0 Å². The van der Waals surface area contributed by atoms with E-state index in [1.807, 2.05) is 54.7 Å². The van der Waals surface area contributed by atoms with Crippen molar-refractivity contribution in [2.75, 3.05) is 0 Å². The number of pyridine rings is 1. The topological polar surface area (TPSA) is 72.3 Å². The third kappa shape index (κ3) is 2.61. The van der Waals surface area contributed by atoms with Crippen LogP contribution in [0.1, 0.15) is 24.6 Å². The van der Waals surface area contributed by atoms with Crippen molar-refractivity contribution in [3.8, 4) is 28.7 Å². The predicted molar refractivity (Wildman–Crippen MR) is 94.1 cm³/mol. The van der Waals surface area contributed by atoms with Crippen molar-refractivity contribution < 1.29 is 0 Å². The second-order valence-corrected chi connectivity index (χ2v) is 6.18. The molecule has 0 unspecified atom stereocenters. The van der Waals surface area contributed by atoms with Crippen LogP contribution in [-0.2, 0) is 0 Å². The zero-order chi connectivity index (χ0) is 16.6. The Hall–Kier alpha value is -3.28. The monoisotopic (exact) mass is 328 g/mol. The summed E-state index contributed by atoms with van der Waals surface area (Å²) in [5, 5.41) is 4.70. The molecule has 5 rings (SSSR count). The van der Waals surface area contributed by atoms with Crippen molar-refractivity contribution >= 4 is 0 Å². The average Bonchev–Trinajstić information content (AvgIpc) is 3.24. The number of aromatic nitrogens is 6. The molecule has 3 heterocycles. The van der Waals surface area contributed by atoms with Gasteiger partial charge in [0.2, 0.25) is 0 Å². The maximum Gasteiger partial charge on any atom is 0.183 e. The molecule has 0 radical (unpaired) electrons. The van der Waals surface area contributed by atoms with Gasteiger partial charge in [-0.15, -0.1) is 5.10 Å². The van der Waals surface area contributed by atoms with Gasteiger partial charge in [-0.3, -0.25) is 0 Å². The van der Waals surface area contributed by atoms with E-state index in [9.17, 15) is 0 Å². The molecule has 0 bridgehead atoms. The molecule has 0 atom stereocenters. The van der Waals surface area contributed by atoms with Gasteiger partial charge in [0, 0.05) is 17.7 Å². The van der Waals surface area contributed by atoms with E-state index in [-0.39, 0.29) is 0 Å². The molecule has 1 fully saturated rings. The molecule has 6 heteroatoms. The van der Waals surface area contributed by atoms with Crippen LogP contribution in [0.25, 0.3) is 28.7 Å². The number of hydrogen-bond acceptors (Lipinski definition) is 4. The summed E-state index contributed by atoms with van der Waals surface area (Å²) in [6, 6.07) is 15.8. The lowest BCUT2D eigenvalue weighted by Gasteiger charge is -2.02. The molecule has 122 valence electrons. The molecule has 0 saturated heterocycles. The van der Waals surface area contributed by atoms with E-state index in [2.05, 4.69) is 15.0 Å². The van der Waals surface area contributed by atoms with Gasteiger partial charge in [0.25, 0.3) is 0 Å². The number of benzene rings is 1. The highest BCUT2D eigenvalue weighted by Crippen LogP contribution is 2.39. The van der Waals surface area contributed by atoms with Crippen molar-refractivity contribution in [1.29, 1.82) is 0 Å². The van der Waals surface area contributed by atoms with Crippen molar-refractivity contribution in [2.24, 2.45) is 0 Å². The van der Waals surface area contributed by atoms with Gasteiger partial charge in [-0.25, -0.2) is 15.0 Å². The molecule has 1 aromatic carbocycles. The van der Waals surface area contributed by atoms with E-state index in [1.165, 1.54) is 0 Å². The average molecular weight is 328 g/mol. The molecule has 3 aromatic heterocycles. The van der Waals surface area contributed by atoms with Gasteiger partial charge in [0.1, 0.15) is 11.5 Å². The van der Waals surface area contributed by atoms with Crippen LogP contribution < -0.4 is 0 Å². The molecule has 1 aliphatic rings. The molecule has 4 aromatic rings. The van der Waals surface area contributed by atoms with E-state index in [0.29, 0.717) is 5.92 Å². The van der Waals surface area contributed by atoms with Gasteiger partial charge < -0.3 is 4.98 Å². The third-order valence-corrected chi connectivity index (χ3v) is 4.30. The Morgan fingerprint density at radius 2 is 1.80 bits per heavy atom. The lowest BCUT2D eigenvalue weighted by Crippen LogP contribution is -2.02. The minimum absolute atomic E-state index is 0.472. The zero-order valence-corrected chi connectivity index (χ0v) is 13.5. The van der Waals surface area contributed by atoms with Gasteiger partial charge in [-0.05, 0) is 25.0 Å². The Morgan fingerprint density at radius 3 is 2.56 bits per heavy atom. The fraction of sp³-hybridized carbons (Fsp3) is 0.158. The number of aromatic amines is 1. The van der Waals surface area contributed by atoms with Gasteiger partial charge in [0.05, 0.1) is 6.20 Å². The Kier molecular flexibility index (Phi) is 3.19. The molecular formula is C19H16N6. The Bertz CT molecular complexity index is 999. The van der Waals surface area contributed by atoms with E-state index in [0.717, 1.165) is 47.4 Å². The fourth-order valence-electron chi connectivity index (χ4n) is 2.83. The Morgan fingerprint density at radius 1 is 0.960 bits per heavy atom. The molecule has 1 N–H and O–H groups in total. The number of H-pyrrole nitrogens is 1. The summed E-state index contributed by atoms with van der Waals surface area (Å²) in [5.74, 6) is 3.68. The van der Waals surface area contributed by atoms with Crippen LogP contribution in [0, 0.1) is 0 Å². The predicted octanol–water partition coefficient (Wildman–Crippen LogP) is 3.60. The smallest absolute Gasteiger partial charge is 0.183 e. The molecule has 0 aliphatic heterocycles. The molecule has 25 heavy (non-hydrogen) atoms. The maximum absolute atomic E-state index is 4.77. The summed E-state index contributed by atoms with van der Waals surface area (Å²) in [4.78, 5) is 17.1. The third-order valence-electron chi connectivity index (χ3n) is 4.30. The Balaban J connectivity index is 1.61. The number of nitrogens with one attached hydrogen (secondary N) is 1. The minimum Gasteiger partial charge on any atom is -0.335 e. The Labute approximate surface area is 144 Å².